The predicted molar refractivity (Wildman–Crippen MR) is 160 cm³/mol. The molecule has 1 saturated heterocycles. The molecule has 0 radical (unpaired) electrons. The highest BCUT2D eigenvalue weighted by Crippen LogP contribution is 2.61. The molecule has 41 heavy (non-hydrogen) atoms. The van der Waals surface area contributed by atoms with Crippen LogP contribution < -0.4 is 15.4 Å². The number of ether oxygens (including phenoxy) is 1. The van der Waals surface area contributed by atoms with Gasteiger partial charge in [0.15, 0.2) is 5.96 Å². The van der Waals surface area contributed by atoms with E-state index in [1.54, 1.807) is 17.0 Å². The van der Waals surface area contributed by atoms with Gasteiger partial charge >= 0.3 is 0 Å². The Hall–Kier alpha value is -3.13. The molecule has 2 aromatic carbocycles. The quantitative estimate of drug-likeness (QED) is 0.385. The van der Waals surface area contributed by atoms with E-state index in [0.29, 0.717) is 59.8 Å². The average molecular weight is 562 g/mol. The molecule has 2 heterocycles. The highest BCUT2D eigenvalue weighted by Gasteiger charge is 2.56. The van der Waals surface area contributed by atoms with Gasteiger partial charge in [0.05, 0.1) is 12.8 Å². The first kappa shape index (κ1) is 28.0. The van der Waals surface area contributed by atoms with Crippen LogP contribution in [0.2, 0.25) is 0 Å². The van der Waals surface area contributed by atoms with Gasteiger partial charge in [-0.1, -0.05) is 26.8 Å². The number of piperazine rings is 1. The summed E-state index contributed by atoms with van der Waals surface area (Å²) in [6, 6.07) is 11.6. The Morgan fingerprint density at radius 3 is 2.73 bits per heavy atom. The highest BCUT2D eigenvalue weighted by atomic mass is 19.1. The molecule has 3 aliphatic carbocycles. The van der Waals surface area contributed by atoms with Crippen molar-refractivity contribution < 1.29 is 13.9 Å². The van der Waals surface area contributed by atoms with Gasteiger partial charge in [-0.2, -0.15) is 0 Å². The first-order chi connectivity index (χ1) is 19.6. The van der Waals surface area contributed by atoms with Crippen LogP contribution in [-0.2, 0) is 13.0 Å². The van der Waals surface area contributed by atoms with E-state index in [9.17, 15) is 9.18 Å². The first-order valence-electron chi connectivity index (χ1n) is 15.2. The minimum atomic E-state index is -0.305. The van der Waals surface area contributed by atoms with Gasteiger partial charge in [-0.3, -0.25) is 4.79 Å². The molecular formula is C33H44FN5O2. The van der Waals surface area contributed by atoms with Crippen molar-refractivity contribution in [2.75, 3.05) is 33.3 Å². The minimum absolute atomic E-state index is 0.00315. The maximum Gasteiger partial charge on any atom is 0.254 e. The Bertz CT molecular complexity index is 1340. The summed E-state index contributed by atoms with van der Waals surface area (Å²) < 4.78 is 19.6. The zero-order chi connectivity index (χ0) is 28.9. The van der Waals surface area contributed by atoms with Crippen molar-refractivity contribution in [3.05, 3.63) is 58.9 Å². The summed E-state index contributed by atoms with van der Waals surface area (Å²) in [4.78, 5) is 22.5. The van der Waals surface area contributed by atoms with Gasteiger partial charge in [0, 0.05) is 56.4 Å². The van der Waals surface area contributed by atoms with Gasteiger partial charge < -0.3 is 25.2 Å². The SMILES string of the molecule is COc1ccc(CCN2Cc3cc(N=C(N[C@H]4C[C@@H]5C[C@@H]([C@H]4C)C5(C)C)N4CCN[C@@H](C)C4)ccc3C2=O)c(F)c1. The van der Waals surface area contributed by atoms with Crippen molar-refractivity contribution in [1.82, 2.24) is 20.4 Å². The molecule has 0 aromatic heterocycles. The minimum Gasteiger partial charge on any atom is -0.497 e. The van der Waals surface area contributed by atoms with E-state index in [-0.39, 0.29) is 11.7 Å². The molecule has 7 rings (SSSR count). The summed E-state index contributed by atoms with van der Waals surface area (Å²) in [6.07, 6.45) is 2.99. The van der Waals surface area contributed by atoms with Crippen LogP contribution in [-0.4, -0.2) is 67.0 Å². The van der Waals surface area contributed by atoms with Crippen molar-refractivity contribution in [3.8, 4) is 5.75 Å². The molecule has 5 atom stereocenters. The number of nitrogens with zero attached hydrogens (tertiary/aromatic N) is 3. The Kier molecular flexibility index (Phi) is 7.47. The zero-order valence-electron chi connectivity index (χ0n) is 25.0. The van der Waals surface area contributed by atoms with Crippen LogP contribution >= 0.6 is 0 Å². The van der Waals surface area contributed by atoms with Gasteiger partial charge in [-0.15, -0.1) is 0 Å². The fraction of sp³-hybridized carbons (Fsp3) is 0.576. The van der Waals surface area contributed by atoms with Gasteiger partial charge in [0.25, 0.3) is 5.91 Å². The maximum atomic E-state index is 14.5. The molecule has 4 fully saturated rings. The van der Waals surface area contributed by atoms with Gasteiger partial charge in [-0.25, -0.2) is 9.38 Å². The van der Waals surface area contributed by atoms with Crippen LogP contribution in [0.5, 0.6) is 5.75 Å². The third kappa shape index (κ3) is 5.31. The number of hydrogen-bond acceptors (Lipinski definition) is 4. The monoisotopic (exact) mass is 561 g/mol. The molecule has 0 spiro atoms. The van der Waals surface area contributed by atoms with E-state index >= 15 is 0 Å². The lowest BCUT2D eigenvalue weighted by Gasteiger charge is -2.62. The lowest BCUT2D eigenvalue weighted by atomic mass is 9.45. The van der Waals surface area contributed by atoms with E-state index in [1.165, 1.54) is 26.0 Å². The van der Waals surface area contributed by atoms with Crippen LogP contribution in [0.25, 0.3) is 0 Å². The number of benzene rings is 2. The number of halogens is 1. The van der Waals surface area contributed by atoms with E-state index in [4.69, 9.17) is 9.73 Å². The van der Waals surface area contributed by atoms with Crippen LogP contribution in [0, 0.1) is 29.0 Å². The molecule has 2 N–H and O–H groups in total. The standard InChI is InChI=1S/C33H44FN5O2/c1-20-18-39(13-11-35-20)32(37-30-16-24-15-28(21(30)2)33(24,3)4)36-25-7-9-27-23(14-25)19-38(31(27)40)12-10-22-6-8-26(41-5)17-29(22)34/h6-9,14,17,20-21,24,28,30,35H,10-13,15-16,18-19H2,1-5H3,(H,36,37)/t20-,21+,24-,28-,30-/m0/s1. The number of carbonyl (C=O) groups excluding carboxylic acids is 1. The summed E-state index contributed by atoms with van der Waals surface area (Å²) in [5.74, 6) is 3.26. The van der Waals surface area contributed by atoms with E-state index < -0.39 is 0 Å². The Morgan fingerprint density at radius 1 is 1.20 bits per heavy atom. The van der Waals surface area contributed by atoms with Crippen molar-refractivity contribution in [3.63, 3.8) is 0 Å². The number of fused-ring (bicyclic) bond motifs is 3. The number of rotatable bonds is 6. The molecule has 0 unspecified atom stereocenters. The molecule has 3 saturated carbocycles. The van der Waals surface area contributed by atoms with Gasteiger partial charge in [0.1, 0.15) is 11.6 Å². The molecule has 2 aromatic rings. The number of carbonyl (C=O) groups is 1. The Labute approximate surface area is 243 Å². The van der Waals surface area contributed by atoms with Crippen molar-refractivity contribution in [2.45, 2.75) is 65.6 Å². The molecule has 220 valence electrons. The third-order valence-corrected chi connectivity index (χ3v) is 10.5. The summed E-state index contributed by atoms with van der Waals surface area (Å²) >= 11 is 0. The van der Waals surface area contributed by atoms with Crippen molar-refractivity contribution >= 4 is 17.6 Å². The normalized spacial score (nSPS) is 28.8. The summed E-state index contributed by atoms with van der Waals surface area (Å²) in [5, 5.41) is 7.45. The van der Waals surface area contributed by atoms with Crippen LogP contribution in [0.15, 0.2) is 41.4 Å². The number of aliphatic imine (C=N–C) groups is 1. The lowest BCUT2D eigenvalue weighted by Crippen LogP contribution is -2.63. The molecular weight excluding hydrogens is 517 g/mol. The number of hydrogen-bond donors (Lipinski definition) is 2. The van der Waals surface area contributed by atoms with E-state index in [0.717, 1.165) is 48.7 Å². The zero-order valence-corrected chi connectivity index (χ0v) is 25.0. The second kappa shape index (κ2) is 10.9. The molecule has 8 heteroatoms. The Morgan fingerprint density at radius 2 is 2.02 bits per heavy atom. The molecule has 5 aliphatic rings. The smallest absolute Gasteiger partial charge is 0.254 e. The second-order valence-electron chi connectivity index (χ2n) is 13.2. The summed E-state index contributed by atoms with van der Waals surface area (Å²) in [7, 11) is 1.52. The fourth-order valence-electron chi connectivity index (χ4n) is 7.68. The van der Waals surface area contributed by atoms with Gasteiger partial charge in [0.2, 0.25) is 0 Å². The molecule has 2 aliphatic heterocycles. The number of guanidine groups is 1. The van der Waals surface area contributed by atoms with E-state index in [2.05, 4.69) is 49.3 Å². The largest absolute Gasteiger partial charge is 0.497 e. The predicted octanol–water partition coefficient (Wildman–Crippen LogP) is 4.97. The molecule has 2 bridgehead atoms. The fourth-order valence-corrected chi connectivity index (χ4v) is 7.68. The van der Waals surface area contributed by atoms with Crippen LogP contribution in [0.4, 0.5) is 10.1 Å². The Balaban J connectivity index is 1.19. The number of methoxy groups -OCH3 is 1. The maximum absolute atomic E-state index is 14.5. The first-order valence-corrected chi connectivity index (χ1v) is 15.2. The lowest BCUT2D eigenvalue weighted by molar-refractivity contribution is -0.112. The number of amides is 1. The average Bonchev–Trinajstić information content (AvgIpc) is 3.26. The molecule has 1 amide bonds. The summed E-state index contributed by atoms with van der Waals surface area (Å²) in [5.41, 5.74) is 3.58. The van der Waals surface area contributed by atoms with Crippen molar-refractivity contribution in [1.29, 1.82) is 0 Å². The van der Waals surface area contributed by atoms with Crippen LogP contribution in [0.1, 0.15) is 62.0 Å². The van der Waals surface area contributed by atoms with Gasteiger partial charge in [-0.05, 0) is 84.7 Å². The summed E-state index contributed by atoms with van der Waals surface area (Å²) in [6.45, 7) is 13.2. The number of nitrogens with one attached hydrogen (secondary N) is 2. The van der Waals surface area contributed by atoms with E-state index in [1.807, 2.05) is 12.1 Å². The second-order valence-corrected chi connectivity index (χ2v) is 13.2. The highest BCUT2D eigenvalue weighted by molar-refractivity contribution is 5.99. The van der Waals surface area contributed by atoms with Crippen LogP contribution in [0.3, 0.4) is 0 Å². The molecule has 7 nitrogen and oxygen atoms in total. The third-order valence-electron chi connectivity index (χ3n) is 10.5. The van der Waals surface area contributed by atoms with Crippen molar-refractivity contribution in [2.24, 2.45) is 28.2 Å². The topological polar surface area (TPSA) is 69.2 Å².